The number of aromatic nitrogens is 1. The fourth-order valence-electron chi connectivity index (χ4n) is 3.64. The van der Waals surface area contributed by atoms with Gasteiger partial charge in [0.05, 0.1) is 12.1 Å². The maximum Gasteiger partial charge on any atom is 0.326 e. The van der Waals surface area contributed by atoms with Crippen LogP contribution in [0.2, 0.25) is 0 Å². The molecule has 1 saturated carbocycles. The maximum absolute atomic E-state index is 12.4. The van der Waals surface area contributed by atoms with Crippen LogP contribution in [0.3, 0.4) is 0 Å². The van der Waals surface area contributed by atoms with Crippen LogP contribution in [-0.4, -0.2) is 39.6 Å². The second-order valence-electron chi connectivity index (χ2n) is 5.79. The van der Waals surface area contributed by atoms with Crippen molar-refractivity contribution in [1.82, 2.24) is 10.1 Å². The number of carboxylic acids is 1. The van der Waals surface area contributed by atoms with Gasteiger partial charge in [0.1, 0.15) is 11.8 Å². The molecular formula is C14H18N2O4. The lowest BCUT2D eigenvalue weighted by atomic mass is 9.94. The highest BCUT2D eigenvalue weighted by atomic mass is 16.5. The lowest BCUT2D eigenvalue weighted by Crippen LogP contribution is -2.44. The summed E-state index contributed by atoms with van der Waals surface area (Å²) in [5.41, 5.74) is 0.564. The molecule has 3 unspecified atom stereocenters. The minimum Gasteiger partial charge on any atom is -0.480 e. The van der Waals surface area contributed by atoms with Gasteiger partial charge >= 0.3 is 5.97 Å². The highest BCUT2D eigenvalue weighted by molar-refractivity contribution is 5.85. The number of aryl methyl sites for hydroxylation is 1. The Hall–Kier alpha value is -1.85. The summed E-state index contributed by atoms with van der Waals surface area (Å²) in [7, 11) is 0. The van der Waals surface area contributed by atoms with E-state index in [1.807, 2.05) is 0 Å². The van der Waals surface area contributed by atoms with Crippen molar-refractivity contribution in [2.75, 3.05) is 6.54 Å². The van der Waals surface area contributed by atoms with Crippen LogP contribution in [0.4, 0.5) is 0 Å². The molecule has 3 atom stereocenters. The molecule has 0 spiro atoms. The average Bonchev–Trinajstić information content (AvgIpc) is 3.02. The zero-order valence-corrected chi connectivity index (χ0v) is 11.4. The zero-order chi connectivity index (χ0) is 14.3. The van der Waals surface area contributed by atoms with Gasteiger partial charge in [0.15, 0.2) is 0 Å². The van der Waals surface area contributed by atoms with E-state index in [1.165, 1.54) is 4.90 Å². The van der Waals surface area contributed by atoms with Gasteiger partial charge in [-0.2, -0.15) is 0 Å². The molecule has 0 bridgehead atoms. The Balaban J connectivity index is 1.75. The molecule has 2 aliphatic rings. The number of hydrogen-bond donors (Lipinski definition) is 1. The third kappa shape index (κ3) is 2.19. The molecular weight excluding hydrogens is 260 g/mol. The van der Waals surface area contributed by atoms with Gasteiger partial charge in [-0.1, -0.05) is 11.6 Å². The van der Waals surface area contributed by atoms with Crippen LogP contribution in [-0.2, 0) is 16.0 Å². The first-order valence-electron chi connectivity index (χ1n) is 7.00. The van der Waals surface area contributed by atoms with Crippen molar-refractivity contribution in [2.45, 2.75) is 38.6 Å². The predicted molar refractivity (Wildman–Crippen MR) is 68.9 cm³/mol. The first kappa shape index (κ1) is 13.1. The minimum absolute atomic E-state index is 0.112. The largest absolute Gasteiger partial charge is 0.480 e. The van der Waals surface area contributed by atoms with Gasteiger partial charge in [-0.05, 0) is 31.6 Å². The normalized spacial score (nSPS) is 28.6. The topological polar surface area (TPSA) is 83.6 Å². The van der Waals surface area contributed by atoms with E-state index < -0.39 is 12.0 Å². The molecule has 6 nitrogen and oxygen atoms in total. The van der Waals surface area contributed by atoms with Crippen molar-refractivity contribution < 1.29 is 19.2 Å². The Morgan fingerprint density at radius 2 is 2.30 bits per heavy atom. The Morgan fingerprint density at radius 1 is 1.50 bits per heavy atom. The van der Waals surface area contributed by atoms with Crippen molar-refractivity contribution in [2.24, 2.45) is 11.8 Å². The monoisotopic (exact) mass is 278 g/mol. The van der Waals surface area contributed by atoms with Crippen LogP contribution in [0, 0.1) is 18.8 Å². The van der Waals surface area contributed by atoms with Crippen LogP contribution in [0.5, 0.6) is 0 Å². The molecule has 1 saturated heterocycles. The number of carbonyl (C=O) groups is 2. The number of aliphatic carboxylic acids is 1. The quantitative estimate of drug-likeness (QED) is 0.899. The third-order valence-corrected chi connectivity index (χ3v) is 4.47. The Kier molecular flexibility index (Phi) is 3.23. The number of amides is 1. The number of likely N-dealkylation sites (tertiary alicyclic amines) is 1. The Morgan fingerprint density at radius 3 is 2.95 bits per heavy atom. The van der Waals surface area contributed by atoms with Crippen molar-refractivity contribution in [1.29, 1.82) is 0 Å². The van der Waals surface area contributed by atoms with Gasteiger partial charge in [-0.25, -0.2) is 4.79 Å². The molecule has 0 radical (unpaired) electrons. The number of nitrogens with zero attached hydrogens (tertiary/aromatic N) is 2. The summed E-state index contributed by atoms with van der Waals surface area (Å²) < 4.78 is 4.94. The molecule has 1 aliphatic carbocycles. The van der Waals surface area contributed by atoms with Crippen LogP contribution in [0.15, 0.2) is 10.6 Å². The lowest BCUT2D eigenvalue weighted by Gasteiger charge is -2.24. The molecule has 1 aliphatic heterocycles. The molecule has 1 N–H and O–H groups in total. The van der Waals surface area contributed by atoms with Crippen molar-refractivity contribution >= 4 is 11.9 Å². The highest BCUT2D eigenvalue weighted by Crippen LogP contribution is 2.42. The zero-order valence-electron chi connectivity index (χ0n) is 11.4. The summed E-state index contributed by atoms with van der Waals surface area (Å²) >= 11 is 0. The van der Waals surface area contributed by atoms with Gasteiger partial charge in [0.25, 0.3) is 0 Å². The molecule has 3 rings (SSSR count). The smallest absolute Gasteiger partial charge is 0.326 e. The van der Waals surface area contributed by atoms with Gasteiger partial charge in [-0.15, -0.1) is 0 Å². The van der Waals surface area contributed by atoms with Crippen LogP contribution in [0.1, 0.15) is 30.7 Å². The molecule has 0 aromatic carbocycles. The summed E-state index contributed by atoms with van der Waals surface area (Å²) in [4.78, 5) is 25.4. The van der Waals surface area contributed by atoms with E-state index in [9.17, 15) is 14.7 Å². The second-order valence-corrected chi connectivity index (χ2v) is 5.79. The summed E-state index contributed by atoms with van der Waals surface area (Å²) in [6.07, 6.45) is 3.12. The summed E-state index contributed by atoms with van der Waals surface area (Å²) in [5, 5.41) is 13.2. The highest BCUT2D eigenvalue weighted by Gasteiger charge is 2.49. The number of carbonyl (C=O) groups excluding carboxylic acids is 1. The average molecular weight is 278 g/mol. The molecule has 1 aromatic rings. The molecule has 1 aromatic heterocycles. The number of fused-ring (bicyclic) bond motifs is 1. The van der Waals surface area contributed by atoms with Crippen molar-refractivity contribution in [3.05, 3.63) is 17.5 Å². The predicted octanol–water partition coefficient (Wildman–Crippen LogP) is 1.24. The van der Waals surface area contributed by atoms with E-state index in [1.54, 1.807) is 13.0 Å². The summed E-state index contributed by atoms with van der Waals surface area (Å²) in [5.74, 6) is 0.0691. The van der Waals surface area contributed by atoms with Crippen LogP contribution >= 0.6 is 0 Å². The molecule has 2 fully saturated rings. The standard InChI is InChI=1S/C14H18N2O4/c1-8-5-10(15-20-8)6-12(17)16-7-9-3-2-4-11(9)13(16)14(18)19/h5,9,11,13H,2-4,6-7H2,1H3,(H,18,19). The molecule has 6 heteroatoms. The fourth-order valence-corrected chi connectivity index (χ4v) is 3.64. The SMILES string of the molecule is Cc1cc(CC(=O)N2CC3CCCC3C2C(=O)O)no1. The van der Waals surface area contributed by atoms with E-state index in [-0.39, 0.29) is 18.2 Å². The van der Waals surface area contributed by atoms with Crippen LogP contribution < -0.4 is 0 Å². The summed E-state index contributed by atoms with van der Waals surface area (Å²) in [6.45, 7) is 2.33. The summed E-state index contributed by atoms with van der Waals surface area (Å²) in [6, 6.07) is 1.05. The molecule has 20 heavy (non-hydrogen) atoms. The van der Waals surface area contributed by atoms with E-state index in [4.69, 9.17) is 4.52 Å². The molecule has 108 valence electrons. The van der Waals surface area contributed by atoms with E-state index in [0.29, 0.717) is 23.9 Å². The molecule has 1 amide bonds. The van der Waals surface area contributed by atoms with E-state index in [0.717, 1.165) is 19.3 Å². The van der Waals surface area contributed by atoms with Crippen molar-refractivity contribution in [3.8, 4) is 0 Å². The van der Waals surface area contributed by atoms with Crippen LogP contribution in [0.25, 0.3) is 0 Å². The van der Waals surface area contributed by atoms with Gasteiger partial charge in [0.2, 0.25) is 5.91 Å². The Labute approximate surface area is 116 Å². The third-order valence-electron chi connectivity index (χ3n) is 4.47. The Bertz CT molecular complexity index is 539. The van der Waals surface area contributed by atoms with Crippen molar-refractivity contribution in [3.63, 3.8) is 0 Å². The first-order chi connectivity index (χ1) is 9.56. The minimum atomic E-state index is -0.885. The number of carboxylic acid groups (broad SMARTS) is 1. The van der Waals surface area contributed by atoms with Gasteiger partial charge in [0, 0.05) is 12.6 Å². The number of rotatable bonds is 3. The number of hydrogen-bond acceptors (Lipinski definition) is 4. The fraction of sp³-hybridized carbons (Fsp3) is 0.643. The first-order valence-corrected chi connectivity index (χ1v) is 7.00. The van der Waals surface area contributed by atoms with E-state index in [2.05, 4.69) is 5.16 Å². The second kappa shape index (κ2) is 4.92. The molecule has 2 heterocycles. The van der Waals surface area contributed by atoms with Gasteiger partial charge in [-0.3, -0.25) is 4.79 Å². The maximum atomic E-state index is 12.4. The lowest BCUT2D eigenvalue weighted by molar-refractivity contribution is -0.149. The van der Waals surface area contributed by atoms with Gasteiger partial charge < -0.3 is 14.5 Å². The van der Waals surface area contributed by atoms with E-state index >= 15 is 0 Å².